The Morgan fingerprint density at radius 2 is 0.787 bits per heavy atom. The fourth-order valence-electron chi connectivity index (χ4n) is 11.7. The van der Waals surface area contributed by atoms with E-state index in [9.17, 15) is 131 Å². The van der Waals surface area contributed by atoms with E-state index in [-0.39, 0.29) is 0 Å². The number of hydrogen-bond donors (Lipinski definition) is 24. The highest BCUT2D eigenvalue weighted by molar-refractivity contribution is 5.78. The van der Waals surface area contributed by atoms with Crippen LogP contribution in [0.25, 0.3) is 0 Å². The molecule has 42 heteroatoms. The molecule has 0 aromatic rings. The van der Waals surface area contributed by atoms with Gasteiger partial charge in [-0.3, -0.25) is 24.0 Å². The Morgan fingerprint density at radius 3 is 1.20 bits per heavy atom. The van der Waals surface area contributed by atoms with Crippen molar-refractivity contribution in [3.05, 3.63) is 0 Å². The van der Waals surface area contributed by atoms with Crippen LogP contribution >= 0.6 is 0 Å². The Labute approximate surface area is 532 Å². The zero-order valence-corrected chi connectivity index (χ0v) is 50.8. The molecule has 94 heavy (non-hydrogen) atoms. The van der Waals surface area contributed by atoms with Crippen molar-refractivity contribution in [3.63, 3.8) is 0 Å². The van der Waals surface area contributed by atoms with Crippen molar-refractivity contribution < 1.29 is 183 Å². The summed E-state index contributed by atoms with van der Waals surface area (Å²) >= 11 is 0. The minimum Gasteiger partial charge on any atom is -0.477 e. The fourth-order valence-corrected chi connectivity index (χ4v) is 11.7. The van der Waals surface area contributed by atoms with Crippen LogP contribution in [0.5, 0.6) is 0 Å². The van der Waals surface area contributed by atoms with Crippen LogP contribution in [-0.4, -0.2) is 373 Å². The number of carbonyl (C=O) groups excluding carboxylic acids is 5. The maximum atomic E-state index is 13.2. The normalized spacial score (nSPS) is 42.4. The third-order valence-electron chi connectivity index (χ3n) is 16.4. The summed E-state index contributed by atoms with van der Waals surface area (Å²) in [5.74, 6) is -14.8. The van der Waals surface area contributed by atoms with Crippen LogP contribution in [0.2, 0.25) is 0 Å². The van der Waals surface area contributed by atoms with Crippen molar-refractivity contribution in [3.8, 4) is 0 Å². The molecular formula is C52H85N5O37. The Hall–Kier alpha value is -4.83. The standard InChI is InChI=1S/C52H85N5O37/c1-14(62)53-27-19(67)6-51(49(80)81,93-42(27)32(71)21(69)8-58)84-12-25-35(74)41(31(45(79)86-25)57-18(5)66)91-47-30(56-17(4)65)38(77)40(24(11-61)88-47)90-48-39(78)44(92-46-29(55-16(3)64)37(76)34(73)23(10-60)87-46)36(75)26(89-48)13-85-52(50(82)83)7-20(68)28(54-15(2)63)43(94-52)33(72)22(70)9-59/h19-48,58-61,67-79H,6-13H2,1-5H3,(H,53,62)(H,54,63)(H,55,64)(H,56,65)(H,57,66)(H,80,81)(H,82,83)/t19-,20-,21+,22+,23+,24+,25+,26+,27+,28+,29+,30+,31+,32+,33+,34+,35-,36-,37+,38+,39+,40+,41+,42+,43+,44-,45-,46-,47-,48-,51+,52+/m0/s1. The van der Waals surface area contributed by atoms with E-state index in [0.29, 0.717) is 0 Å². The molecule has 0 spiro atoms. The molecule has 6 fully saturated rings. The number of aliphatic carboxylic acids is 2. The number of amides is 5. The fraction of sp³-hybridized carbons (Fsp3) is 0.865. The molecule has 24 N–H and O–H groups in total. The topological polar surface area (TPSA) is 666 Å². The van der Waals surface area contributed by atoms with Crippen molar-refractivity contribution in [2.24, 2.45) is 0 Å². The second-order valence-corrected chi connectivity index (χ2v) is 23.4. The Morgan fingerprint density at radius 1 is 0.426 bits per heavy atom. The van der Waals surface area contributed by atoms with Crippen molar-refractivity contribution in [1.29, 1.82) is 0 Å². The zero-order chi connectivity index (χ0) is 70.3. The number of aliphatic hydroxyl groups excluding tert-OH is 17. The molecule has 5 amide bonds. The number of carboxylic acids is 2. The molecule has 0 radical (unpaired) electrons. The summed E-state index contributed by atoms with van der Waals surface area (Å²) < 4.78 is 64.0. The second kappa shape index (κ2) is 33.1. The molecule has 0 saturated carbocycles. The largest absolute Gasteiger partial charge is 0.477 e. The second-order valence-electron chi connectivity index (χ2n) is 23.4. The lowest BCUT2D eigenvalue weighted by molar-refractivity contribution is -0.380. The third kappa shape index (κ3) is 17.7. The molecule has 0 aromatic carbocycles. The molecule has 32 atom stereocenters. The first-order valence-electron chi connectivity index (χ1n) is 29.3. The zero-order valence-electron chi connectivity index (χ0n) is 50.8. The first-order chi connectivity index (χ1) is 44.0. The Bertz CT molecular complexity index is 2570. The van der Waals surface area contributed by atoms with Crippen molar-refractivity contribution in [1.82, 2.24) is 26.6 Å². The van der Waals surface area contributed by atoms with Gasteiger partial charge in [0.1, 0.15) is 134 Å². The van der Waals surface area contributed by atoms with Gasteiger partial charge >= 0.3 is 11.9 Å². The molecular weight excluding hydrogens is 1290 g/mol. The quantitative estimate of drug-likeness (QED) is 0.0363. The van der Waals surface area contributed by atoms with E-state index in [2.05, 4.69) is 26.6 Å². The number of hydrogen-bond acceptors (Lipinski definition) is 35. The predicted molar refractivity (Wildman–Crippen MR) is 292 cm³/mol. The first kappa shape index (κ1) is 78.2. The van der Waals surface area contributed by atoms with E-state index in [1.54, 1.807) is 0 Å². The van der Waals surface area contributed by atoms with Gasteiger partial charge in [-0.15, -0.1) is 0 Å². The molecule has 6 saturated heterocycles. The highest BCUT2D eigenvalue weighted by Crippen LogP contribution is 2.40. The number of ether oxygens (including phenoxy) is 11. The molecule has 6 aliphatic rings. The maximum absolute atomic E-state index is 13.2. The monoisotopic (exact) mass is 1370 g/mol. The Kier molecular flexibility index (Phi) is 27.6. The van der Waals surface area contributed by atoms with Gasteiger partial charge in [0.15, 0.2) is 25.2 Å². The van der Waals surface area contributed by atoms with Gasteiger partial charge in [0.2, 0.25) is 29.5 Å². The van der Waals surface area contributed by atoms with Gasteiger partial charge < -0.3 is 176 Å². The van der Waals surface area contributed by atoms with E-state index in [0.717, 1.165) is 34.6 Å². The molecule has 540 valence electrons. The first-order valence-corrected chi connectivity index (χ1v) is 29.3. The highest BCUT2D eigenvalue weighted by atomic mass is 16.8. The van der Waals surface area contributed by atoms with Crippen molar-refractivity contribution >= 4 is 41.5 Å². The Balaban J connectivity index is 1.34. The number of rotatable bonds is 27. The van der Waals surface area contributed by atoms with Gasteiger partial charge in [-0.1, -0.05) is 0 Å². The van der Waals surface area contributed by atoms with Gasteiger partial charge in [0.25, 0.3) is 11.6 Å². The lowest BCUT2D eigenvalue weighted by Crippen LogP contribution is -2.71. The minimum absolute atomic E-state index is 0.822. The van der Waals surface area contributed by atoms with Crippen LogP contribution < -0.4 is 26.6 Å². The summed E-state index contributed by atoms with van der Waals surface area (Å²) in [7, 11) is 0. The molecule has 0 aliphatic carbocycles. The smallest absolute Gasteiger partial charge is 0.364 e. The summed E-state index contributed by atoms with van der Waals surface area (Å²) in [6.07, 6.45) is -55.5. The van der Waals surface area contributed by atoms with E-state index >= 15 is 0 Å². The molecule has 6 rings (SSSR count). The molecule has 0 unspecified atom stereocenters. The number of nitrogens with one attached hydrogen (secondary N) is 5. The molecule has 42 nitrogen and oxygen atoms in total. The van der Waals surface area contributed by atoms with E-state index in [1.165, 1.54) is 0 Å². The van der Waals surface area contributed by atoms with Gasteiger partial charge in [0.05, 0.1) is 63.9 Å². The van der Waals surface area contributed by atoms with Gasteiger partial charge in [-0.05, 0) is 0 Å². The summed E-state index contributed by atoms with van der Waals surface area (Å²) in [5.41, 5.74) is 0. The number of carboxylic acid groups (broad SMARTS) is 2. The van der Waals surface area contributed by atoms with Gasteiger partial charge in [0, 0.05) is 47.5 Å². The van der Waals surface area contributed by atoms with Crippen LogP contribution in [0.1, 0.15) is 47.5 Å². The van der Waals surface area contributed by atoms with Crippen molar-refractivity contribution in [2.75, 3.05) is 39.6 Å². The average Bonchev–Trinajstić information content (AvgIpc) is 0.777. The molecule has 6 aliphatic heterocycles. The minimum atomic E-state index is -3.15. The number of carbonyl (C=O) groups is 7. The molecule has 6 heterocycles. The predicted octanol–water partition coefficient (Wildman–Crippen LogP) is -15.0. The van der Waals surface area contributed by atoms with Crippen molar-refractivity contribution in [2.45, 2.75) is 243 Å². The van der Waals surface area contributed by atoms with Gasteiger partial charge in [-0.2, -0.15) is 0 Å². The maximum Gasteiger partial charge on any atom is 0.364 e. The highest BCUT2D eigenvalue weighted by Gasteiger charge is 2.61. The van der Waals surface area contributed by atoms with E-state index in [4.69, 9.17) is 52.1 Å². The van der Waals surface area contributed by atoms with E-state index < -0.39 is 289 Å². The third-order valence-corrected chi connectivity index (χ3v) is 16.4. The van der Waals surface area contributed by atoms with Gasteiger partial charge in [-0.25, -0.2) is 9.59 Å². The van der Waals surface area contributed by atoms with Crippen LogP contribution in [0.3, 0.4) is 0 Å². The van der Waals surface area contributed by atoms with Crippen LogP contribution in [0.15, 0.2) is 0 Å². The van der Waals surface area contributed by atoms with Crippen LogP contribution in [-0.2, 0) is 85.7 Å². The molecule has 0 bridgehead atoms. The molecule has 0 aromatic heterocycles. The summed E-state index contributed by atoms with van der Waals surface area (Å²) in [5, 5.41) is 219. The average molecular weight is 1370 g/mol. The van der Waals surface area contributed by atoms with Crippen LogP contribution in [0.4, 0.5) is 0 Å². The lowest BCUT2D eigenvalue weighted by atomic mass is 9.88. The summed E-state index contributed by atoms with van der Waals surface area (Å²) in [6.45, 7) is -2.25. The van der Waals surface area contributed by atoms with E-state index in [1.807, 2.05) is 0 Å². The number of aliphatic hydroxyl groups is 17. The summed E-state index contributed by atoms with van der Waals surface area (Å²) in [4.78, 5) is 88.4. The van der Waals surface area contributed by atoms with Crippen LogP contribution in [0, 0.1) is 0 Å². The lowest BCUT2D eigenvalue weighted by Gasteiger charge is -2.51. The summed E-state index contributed by atoms with van der Waals surface area (Å²) in [6, 6.07) is -9.02. The SMILES string of the molecule is CC(=O)N[C@@H]1[C@@H](O[C@@H]2O[C@H](CO)[C@@H](O[C@@H]3O[C@H](CO[C@]4(C(=O)O)C[C@H](O)[C@@H](NC(C)=O)[C@H]([C@H](O)[C@H](O)CO)O4)[C@H](O)[C@H](O[C@@H]4O[C@H](CO)[C@@H](O)[C@H](O)[C@H]4NC(C)=O)[C@H]3O)[C@H](O)[C@H]2NC(C)=O)[C@@H](O)[C@@H](CO[C@]2(C(=O)O)C[C@H](O)[C@@H](NC(C)=O)[C@H]([C@H](O)[C@H](O)CO)O2)O[C@@H]1O.